The summed E-state index contributed by atoms with van der Waals surface area (Å²) in [5, 5.41) is 22.5. The Kier molecular flexibility index (Phi) is 4.95. The van der Waals surface area contributed by atoms with Crippen LogP contribution in [-0.4, -0.2) is 30.8 Å². The van der Waals surface area contributed by atoms with Crippen molar-refractivity contribution in [3.8, 4) is 17.1 Å². The topological polar surface area (TPSA) is 105 Å². The summed E-state index contributed by atoms with van der Waals surface area (Å²) in [4.78, 5) is 23.1. The number of allylic oxidation sites excluding steroid dienone is 1. The number of carbonyl (C=O) groups is 1. The van der Waals surface area contributed by atoms with E-state index in [1.165, 1.54) is 0 Å². The first kappa shape index (κ1) is 20.0. The minimum Gasteiger partial charge on any atom is -0.508 e. The van der Waals surface area contributed by atoms with Crippen molar-refractivity contribution in [2.75, 3.05) is 10.6 Å². The molecule has 0 spiro atoms. The molecule has 160 valence electrons. The Hall–Kier alpha value is -3.98. The molecule has 1 amide bonds. The maximum atomic E-state index is 13.4. The molecule has 0 radical (unpaired) electrons. The van der Waals surface area contributed by atoms with Gasteiger partial charge in [-0.2, -0.15) is 4.98 Å². The van der Waals surface area contributed by atoms with Crippen molar-refractivity contribution in [1.29, 1.82) is 0 Å². The molecule has 0 aliphatic carbocycles. The lowest BCUT2D eigenvalue weighted by molar-refractivity contribution is -0.113. The smallest absolute Gasteiger partial charge is 0.255 e. The highest BCUT2D eigenvalue weighted by molar-refractivity contribution is 7.10. The lowest BCUT2D eigenvalue weighted by Crippen LogP contribution is -2.31. The molecule has 1 aromatic carbocycles. The highest BCUT2D eigenvalue weighted by Crippen LogP contribution is 2.40. The summed E-state index contributed by atoms with van der Waals surface area (Å²) in [5.41, 5.74) is 3.74. The average molecular weight is 445 g/mol. The number of aromatic nitrogens is 4. The number of nitrogens with zero attached hydrogens (tertiary/aromatic N) is 4. The molecule has 1 aliphatic rings. The number of carbonyl (C=O) groups excluding carboxylic acids is 1. The SMILES string of the molecule is CC1=C(C(=O)Nc2cccnc2)C(c2sccc2C)n2nc(-c3ccc(O)cc3)nc2N1. The maximum Gasteiger partial charge on any atom is 0.255 e. The number of aryl methyl sites for hydroxylation is 1. The van der Waals surface area contributed by atoms with E-state index in [9.17, 15) is 9.90 Å². The van der Waals surface area contributed by atoms with E-state index in [4.69, 9.17) is 5.10 Å². The summed E-state index contributed by atoms with van der Waals surface area (Å²) in [7, 11) is 0. The van der Waals surface area contributed by atoms with Gasteiger partial charge >= 0.3 is 0 Å². The second-order valence-corrected chi connectivity index (χ2v) is 8.43. The molecule has 1 unspecified atom stereocenters. The third-order valence-electron chi connectivity index (χ3n) is 5.29. The van der Waals surface area contributed by atoms with Crippen LogP contribution in [0.4, 0.5) is 11.6 Å². The Morgan fingerprint density at radius 2 is 2.00 bits per heavy atom. The molecule has 3 aromatic heterocycles. The fraction of sp³-hybridized carbons (Fsp3) is 0.130. The third kappa shape index (κ3) is 3.52. The quantitative estimate of drug-likeness (QED) is 0.432. The molecular formula is C23H20N6O2S. The van der Waals surface area contributed by atoms with Gasteiger partial charge in [0.2, 0.25) is 5.95 Å². The van der Waals surface area contributed by atoms with Gasteiger partial charge in [-0.3, -0.25) is 9.78 Å². The molecule has 1 atom stereocenters. The Morgan fingerprint density at radius 3 is 2.69 bits per heavy atom. The van der Waals surface area contributed by atoms with Crippen molar-refractivity contribution < 1.29 is 9.90 Å². The Bertz CT molecular complexity index is 1320. The summed E-state index contributed by atoms with van der Waals surface area (Å²) < 4.78 is 1.76. The number of anilines is 2. The monoisotopic (exact) mass is 444 g/mol. The van der Waals surface area contributed by atoms with Gasteiger partial charge < -0.3 is 15.7 Å². The van der Waals surface area contributed by atoms with Gasteiger partial charge in [0.1, 0.15) is 11.8 Å². The van der Waals surface area contributed by atoms with Gasteiger partial charge in [0, 0.05) is 22.3 Å². The van der Waals surface area contributed by atoms with Gasteiger partial charge in [-0.15, -0.1) is 16.4 Å². The van der Waals surface area contributed by atoms with Crippen LogP contribution >= 0.6 is 11.3 Å². The Labute approximate surface area is 188 Å². The van der Waals surface area contributed by atoms with Crippen LogP contribution in [0, 0.1) is 6.92 Å². The van der Waals surface area contributed by atoms with Gasteiger partial charge in [-0.05, 0) is 67.3 Å². The number of pyridine rings is 1. The molecule has 5 rings (SSSR count). The highest BCUT2D eigenvalue weighted by atomic mass is 32.1. The summed E-state index contributed by atoms with van der Waals surface area (Å²) in [6.07, 6.45) is 3.27. The Morgan fingerprint density at radius 1 is 1.19 bits per heavy atom. The number of aromatic hydroxyl groups is 1. The van der Waals surface area contributed by atoms with Crippen LogP contribution in [-0.2, 0) is 4.79 Å². The van der Waals surface area contributed by atoms with E-state index >= 15 is 0 Å². The predicted octanol–water partition coefficient (Wildman–Crippen LogP) is 4.34. The average Bonchev–Trinajstić information content (AvgIpc) is 3.40. The van der Waals surface area contributed by atoms with E-state index in [2.05, 4.69) is 20.6 Å². The first-order valence-corrected chi connectivity index (χ1v) is 10.9. The number of amides is 1. The van der Waals surface area contributed by atoms with Crippen LogP contribution in [0.25, 0.3) is 11.4 Å². The van der Waals surface area contributed by atoms with Gasteiger partial charge in [0.05, 0.1) is 17.5 Å². The number of thiophene rings is 1. The summed E-state index contributed by atoms with van der Waals surface area (Å²) in [6.45, 7) is 3.89. The lowest BCUT2D eigenvalue weighted by Gasteiger charge is -2.28. The summed E-state index contributed by atoms with van der Waals surface area (Å²) >= 11 is 1.58. The molecule has 0 bridgehead atoms. The van der Waals surface area contributed by atoms with Crippen LogP contribution in [0.5, 0.6) is 5.75 Å². The molecule has 4 heterocycles. The van der Waals surface area contributed by atoms with E-state index in [0.717, 1.165) is 16.0 Å². The molecule has 0 saturated heterocycles. The number of benzene rings is 1. The number of hydrogen-bond acceptors (Lipinski definition) is 7. The fourth-order valence-electron chi connectivity index (χ4n) is 3.72. The van der Waals surface area contributed by atoms with E-state index in [-0.39, 0.29) is 11.7 Å². The zero-order valence-corrected chi connectivity index (χ0v) is 18.2. The maximum absolute atomic E-state index is 13.4. The first-order chi connectivity index (χ1) is 15.5. The number of nitrogens with one attached hydrogen (secondary N) is 2. The number of fused-ring (bicyclic) bond motifs is 1. The van der Waals surface area contributed by atoms with Crippen molar-refractivity contribution in [2.24, 2.45) is 0 Å². The molecule has 3 N–H and O–H groups in total. The van der Waals surface area contributed by atoms with Crippen LogP contribution in [0.2, 0.25) is 0 Å². The zero-order chi connectivity index (χ0) is 22.2. The molecule has 4 aromatic rings. The largest absolute Gasteiger partial charge is 0.508 e. The van der Waals surface area contributed by atoms with Crippen molar-refractivity contribution in [3.63, 3.8) is 0 Å². The van der Waals surface area contributed by atoms with Crippen LogP contribution < -0.4 is 10.6 Å². The minimum absolute atomic E-state index is 0.176. The predicted molar refractivity (Wildman–Crippen MR) is 124 cm³/mol. The summed E-state index contributed by atoms with van der Waals surface area (Å²) in [5.74, 6) is 1.01. The number of hydrogen-bond donors (Lipinski definition) is 3. The highest BCUT2D eigenvalue weighted by Gasteiger charge is 2.36. The molecular weight excluding hydrogens is 424 g/mol. The van der Waals surface area contributed by atoms with Gasteiger partial charge in [0.25, 0.3) is 5.91 Å². The van der Waals surface area contributed by atoms with E-state index < -0.39 is 6.04 Å². The molecule has 32 heavy (non-hydrogen) atoms. The van der Waals surface area contributed by atoms with E-state index in [1.807, 2.05) is 25.3 Å². The zero-order valence-electron chi connectivity index (χ0n) is 17.4. The second kappa shape index (κ2) is 7.93. The molecule has 0 fully saturated rings. The first-order valence-electron chi connectivity index (χ1n) is 10.0. The van der Waals surface area contributed by atoms with Crippen LogP contribution in [0.3, 0.4) is 0 Å². The van der Waals surface area contributed by atoms with Gasteiger partial charge in [-0.1, -0.05) is 0 Å². The summed E-state index contributed by atoms with van der Waals surface area (Å²) in [6, 6.07) is 11.9. The molecule has 1 aliphatic heterocycles. The molecule has 8 nitrogen and oxygen atoms in total. The van der Waals surface area contributed by atoms with Gasteiger partial charge in [0.15, 0.2) is 5.82 Å². The standard InChI is InChI=1S/C23H20N6O2S/c1-13-9-11-32-20(13)19-18(22(31)26-16-4-3-10-24-12-16)14(2)25-23-27-21(28-29(19)23)15-5-7-17(30)8-6-15/h3-12,19,30H,1-2H3,(H,26,31)(H,25,27,28). The second-order valence-electron chi connectivity index (χ2n) is 7.48. The molecule has 9 heteroatoms. The normalized spacial score (nSPS) is 15.2. The Balaban J connectivity index is 1.60. The van der Waals surface area contributed by atoms with E-state index in [0.29, 0.717) is 28.7 Å². The van der Waals surface area contributed by atoms with Crippen LogP contribution in [0.1, 0.15) is 23.4 Å². The number of rotatable bonds is 4. The molecule has 0 saturated carbocycles. The number of phenols is 1. The van der Waals surface area contributed by atoms with Crippen molar-refractivity contribution in [2.45, 2.75) is 19.9 Å². The van der Waals surface area contributed by atoms with Crippen molar-refractivity contribution in [3.05, 3.63) is 81.9 Å². The van der Waals surface area contributed by atoms with Gasteiger partial charge in [-0.25, -0.2) is 4.68 Å². The van der Waals surface area contributed by atoms with Crippen LogP contribution in [0.15, 0.2) is 71.5 Å². The van der Waals surface area contributed by atoms with Crippen molar-refractivity contribution in [1.82, 2.24) is 19.7 Å². The van der Waals surface area contributed by atoms with Crippen molar-refractivity contribution >= 4 is 28.9 Å². The number of phenolic OH excluding ortho intramolecular Hbond substituents is 1. The fourth-order valence-corrected chi connectivity index (χ4v) is 4.74. The minimum atomic E-state index is -0.429. The van der Waals surface area contributed by atoms with E-state index in [1.54, 1.807) is 64.8 Å². The lowest BCUT2D eigenvalue weighted by atomic mass is 9.99. The third-order valence-corrected chi connectivity index (χ3v) is 6.36.